The van der Waals surface area contributed by atoms with Crippen molar-refractivity contribution in [2.45, 2.75) is 58.3 Å². The van der Waals surface area contributed by atoms with Crippen molar-refractivity contribution in [3.8, 4) is 0 Å². The van der Waals surface area contributed by atoms with Crippen LogP contribution in [0.1, 0.15) is 58.3 Å². The number of Topliss-reactive ketones (excluding diaryl/α,β-unsaturated/α-hetero) is 1. The molecule has 3 heteroatoms. The molecule has 0 aliphatic rings. The van der Waals surface area contributed by atoms with E-state index in [0.717, 1.165) is 12.8 Å². The SMILES string of the molecule is CCCCCCCCCC(=O)C(=O)S. The third kappa shape index (κ3) is 8.30. The third-order valence-corrected chi connectivity index (χ3v) is 2.50. The molecule has 0 rings (SSSR count). The maximum absolute atomic E-state index is 10.9. The fourth-order valence-corrected chi connectivity index (χ4v) is 1.46. The summed E-state index contributed by atoms with van der Waals surface area (Å²) in [6.45, 7) is 2.19. The van der Waals surface area contributed by atoms with Gasteiger partial charge in [0.15, 0.2) is 0 Å². The van der Waals surface area contributed by atoms with Crippen LogP contribution in [0.15, 0.2) is 0 Å². The lowest BCUT2D eigenvalue weighted by Crippen LogP contribution is -2.05. The lowest BCUT2D eigenvalue weighted by Gasteiger charge is -1.99. The molecule has 0 aromatic heterocycles. The summed E-state index contributed by atoms with van der Waals surface area (Å²) in [4.78, 5) is 21.3. The summed E-state index contributed by atoms with van der Waals surface area (Å²) in [5, 5.41) is -0.601. The van der Waals surface area contributed by atoms with Gasteiger partial charge >= 0.3 is 0 Å². The molecular weight excluding hydrogens is 196 g/mol. The van der Waals surface area contributed by atoms with Gasteiger partial charge in [0.25, 0.3) is 5.12 Å². The predicted molar refractivity (Wildman–Crippen MR) is 61.6 cm³/mol. The number of ketones is 1. The molecule has 0 spiro atoms. The van der Waals surface area contributed by atoms with Crippen LogP contribution in [-0.4, -0.2) is 10.9 Å². The highest BCUT2D eigenvalue weighted by molar-refractivity contribution is 7.98. The summed E-state index contributed by atoms with van der Waals surface area (Å²) < 4.78 is 0. The van der Waals surface area contributed by atoms with E-state index in [2.05, 4.69) is 19.6 Å². The second kappa shape index (κ2) is 9.25. The zero-order valence-corrected chi connectivity index (χ0v) is 9.81. The number of carbonyl (C=O) groups excluding carboxylic acids is 2. The van der Waals surface area contributed by atoms with Crippen molar-refractivity contribution in [2.24, 2.45) is 0 Å². The van der Waals surface area contributed by atoms with Gasteiger partial charge in [0.2, 0.25) is 5.78 Å². The second-order valence-electron chi connectivity index (χ2n) is 3.60. The van der Waals surface area contributed by atoms with Gasteiger partial charge in [-0.3, -0.25) is 9.59 Å². The van der Waals surface area contributed by atoms with Crippen molar-refractivity contribution in [3.05, 3.63) is 0 Å². The molecule has 0 saturated heterocycles. The minimum Gasteiger partial charge on any atom is -0.290 e. The van der Waals surface area contributed by atoms with E-state index in [0.29, 0.717) is 6.42 Å². The van der Waals surface area contributed by atoms with Gasteiger partial charge in [-0.1, -0.05) is 58.1 Å². The third-order valence-electron chi connectivity index (χ3n) is 2.25. The average Bonchev–Trinajstić information content (AvgIpc) is 2.16. The molecule has 0 heterocycles. The summed E-state index contributed by atoms with van der Waals surface area (Å²) in [5.41, 5.74) is 0. The van der Waals surface area contributed by atoms with E-state index in [4.69, 9.17) is 0 Å². The first-order chi connectivity index (χ1) is 6.68. The molecule has 0 N–H and O–H groups in total. The van der Waals surface area contributed by atoms with Gasteiger partial charge in [-0.05, 0) is 6.42 Å². The number of unbranched alkanes of at least 4 members (excludes halogenated alkanes) is 6. The zero-order valence-electron chi connectivity index (χ0n) is 8.92. The molecule has 0 bridgehead atoms. The summed E-state index contributed by atoms with van der Waals surface area (Å²) in [5.74, 6) is -0.345. The van der Waals surface area contributed by atoms with Gasteiger partial charge in [-0.25, -0.2) is 0 Å². The quantitative estimate of drug-likeness (QED) is 0.365. The summed E-state index contributed by atoms with van der Waals surface area (Å²) in [6.07, 6.45) is 8.52. The maximum atomic E-state index is 10.9. The molecule has 0 aliphatic carbocycles. The number of hydrogen-bond acceptors (Lipinski definition) is 2. The van der Waals surface area contributed by atoms with Crippen molar-refractivity contribution in [2.75, 3.05) is 0 Å². The van der Waals surface area contributed by atoms with Crippen molar-refractivity contribution < 1.29 is 9.59 Å². The molecule has 0 saturated carbocycles. The Morgan fingerprint density at radius 1 is 0.929 bits per heavy atom. The number of carbonyl (C=O) groups is 2. The van der Waals surface area contributed by atoms with Gasteiger partial charge in [0, 0.05) is 6.42 Å². The van der Waals surface area contributed by atoms with Crippen molar-refractivity contribution in [1.82, 2.24) is 0 Å². The molecule has 2 nitrogen and oxygen atoms in total. The highest BCUT2D eigenvalue weighted by Gasteiger charge is 2.07. The van der Waals surface area contributed by atoms with E-state index >= 15 is 0 Å². The number of hydrogen-bond donors (Lipinski definition) is 1. The Labute approximate surface area is 91.9 Å². The molecular formula is C11H20O2S. The van der Waals surface area contributed by atoms with E-state index in [-0.39, 0.29) is 5.78 Å². The van der Waals surface area contributed by atoms with Crippen LogP contribution in [0.4, 0.5) is 0 Å². The Balaban J connectivity index is 3.13. The second-order valence-corrected chi connectivity index (χ2v) is 4.01. The smallest absolute Gasteiger partial charge is 0.251 e. The van der Waals surface area contributed by atoms with Crippen molar-refractivity contribution in [3.63, 3.8) is 0 Å². The molecule has 82 valence electrons. The van der Waals surface area contributed by atoms with Crippen molar-refractivity contribution >= 4 is 23.5 Å². The summed E-state index contributed by atoms with van der Waals surface area (Å²) >= 11 is 3.48. The summed E-state index contributed by atoms with van der Waals surface area (Å²) in [7, 11) is 0. The Kier molecular flexibility index (Phi) is 9.05. The Bertz CT molecular complexity index is 178. The van der Waals surface area contributed by atoms with E-state index in [1.807, 2.05) is 0 Å². The highest BCUT2D eigenvalue weighted by atomic mass is 32.1. The highest BCUT2D eigenvalue weighted by Crippen LogP contribution is 2.08. The van der Waals surface area contributed by atoms with Crippen LogP contribution in [0.25, 0.3) is 0 Å². The monoisotopic (exact) mass is 216 g/mol. The van der Waals surface area contributed by atoms with Crippen LogP contribution < -0.4 is 0 Å². The van der Waals surface area contributed by atoms with Crippen LogP contribution in [0.5, 0.6) is 0 Å². The van der Waals surface area contributed by atoms with E-state index in [9.17, 15) is 9.59 Å². The largest absolute Gasteiger partial charge is 0.290 e. The molecule has 0 fully saturated rings. The number of thiol groups is 1. The average molecular weight is 216 g/mol. The molecule has 0 aromatic rings. The molecule has 0 atom stereocenters. The van der Waals surface area contributed by atoms with Crippen LogP contribution in [0, 0.1) is 0 Å². The van der Waals surface area contributed by atoms with Gasteiger partial charge in [-0.2, -0.15) is 0 Å². The van der Waals surface area contributed by atoms with Gasteiger partial charge in [-0.15, -0.1) is 0 Å². The molecule has 0 radical (unpaired) electrons. The maximum Gasteiger partial charge on any atom is 0.251 e. The molecule has 0 aromatic carbocycles. The first-order valence-electron chi connectivity index (χ1n) is 5.44. The first kappa shape index (κ1) is 13.7. The van der Waals surface area contributed by atoms with Crippen LogP contribution in [0.2, 0.25) is 0 Å². The van der Waals surface area contributed by atoms with E-state index in [1.165, 1.54) is 32.1 Å². The predicted octanol–water partition coefficient (Wildman–Crippen LogP) is 3.15. The topological polar surface area (TPSA) is 34.1 Å². The standard InChI is InChI=1S/C11H20O2S/c1-2-3-4-5-6-7-8-9-10(12)11(13)14/h2-9H2,1H3,(H,13,14). The lowest BCUT2D eigenvalue weighted by molar-refractivity contribution is -0.131. The molecule has 0 amide bonds. The summed E-state index contributed by atoms with van der Waals surface area (Å²) in [6, 6.07) is 0. The Morgan fingerprint density at radius 2 is 1.43 bits per heavy atom. The molecule has 0 unspecified atom stereocenters. The zero-order chi connectivity index (χ0) is 10.8. The first-order valence-corrected chi connectivity index (χ1v) is 5.89. The van der Waals surface area contributed by atoms with Gasteiger partial charge in [0.1, 0.15) is 0 Å². The normalized spacial score (nSPS) is 10.1. The fourth-order valence-electron chi connectivity index (χ4n) is 1.35. The molecule has 14 heavy (non-hydrogen) atoms. The van der Waals surface area contributed by atoms with E-state index < -0.39 is 5.12 Å². The minimum absolute atomic E-state index is 0.345. The van der Waals surface area contributed by atoms with E-state index in [1.54, 1.807) is 0 Å². The van der Waals surface area contributed by atoms with Crippen LogP contribution >= 0.6 is 12.6 Å². The van der Waals surface area contributed by atoms with Crippen LogP contribution in [0.3, 0.4) is 0 Å². The van der Waals surface area contributed by atoms with Gasteiger partial charge < -0.3 is 0 Å². The molecule has 0 aliphatic heterocycles. The van der Waals surface area contributed by atoms with Gasteiger partial charge in [0.05, 0.1) is 0 Å². The lowest BCUT2D eigenvalue weighted by atomic mass is 10.1. The minimum atomic E-state index is -0.601. The number of rotatable bonds is 9. The Hall–Kier alpha value is -0.310. The van der Waals surface area contributed by atoms with Crippen molar-refractivity contribution in [1.29, 1.82) is 0 Å². The Morgan fingerprint density at radius 3 is 1.93 bits per heavy atom. The fraction of sp³-hybridized carbons (Fsp3) is 0.818. The van der Waals surface area contributed by atoms with Crippen LogP contribution in [-0.2, 0) is 9.59 Å².